The van der Waals surface area contributed by atoms with Crippen LogP contribution in [0.25, 0.3) is 0 Å². The summed E-state index contributed by atoms with van der Waals surface area (Å²) in [6, 6.07) is 19.0. The van der Waals surface area contributed by atoms with Gasteiger partial charge in [0.15, 0.2) is 5.11 Å². The lowest BCUT2D eigenvalue weighted by atomic mass is 10.2. The molecule has 1 saturated heterocycles. The topological polar surface area (TPSA) is 48.8 Å². The number of piperazine rings is 1. The molecule has 0 bridgehead atoms. The first-order valence-corrected chi connectivity index (χ1v) is 10.4. The molecule has 2 aromatic rings. The van der Waals surface area contributed by atoms with E-state index in [9.17, 15) is 4.79 Å². The quantitative estimate of drug-likeness (QED) is 0.654. The van der Waals surface area contributed by atoms with Gasteiger partial charge >= 0.3 is 0 Å². The highest BCUT2D eigenvalue weighted by atomic mass is 32.1. The fraction of sp³-hybridized carbons (Fsp3) is 0.364. The highest BCUT2D eigenvalue weighted by Gasteiger charge is 2.20. The minimum atomic E-state index is -0.0486. The summed E-state index contributed by atoms with van der Waals surface area (Å²) in [5.74, 6) is -0.0486. The molecule has 148 valence electrons. The Hall–Kier alpha value is -2.44. The molecule has 0 spiro atoms. The summed E-state index contributed by atoms with van der Waals surface area (Å²) in [7, 11) is 0. The maximum absolute atomic E-state index is 11.6. The van der Waals surface area contributed by atoms with Crippen LogP contribution < -0.4 is 20.4 Å². The number of carbonyl (C=O) groups is 1. The van der Waals surface area contributed by atoms with Crippen LogP contribution >= 0.6 is 12.2 Å². The van der Waals surface area contributed by atoms with Crippen molar-refractivity contribution in [2.75, 3.05) is 36.4 Å². The first-order chi connectivity index (χ1) is 13.6. The molecule has 1 aliphatic heterocycles. The van der Waals surface area contributed by atoms with Crippen LogP contribution in [0.5, 0.6) is 0 Å². The molecular weight excluding hydrogens is 368 g/mol. The van der Waals surface area contributed by atoms with Crippen molar-refractivity contribution in [3.63, 3.8) is 0 Å². The third-order valence-corrected chi connectivity index (χ3v) is 5.19. The molecule has 1 fully saturated rings. The predicted octanol–water partition coefficient (Wildman–Crippen LogP) is 2.20. The van der Waals surface area contributed by atoms with E-state index >= 15 is 0 Å². The average Bonchev–Trinajstić information content (AvgIpc) is 2.70. The van der Waals surface area contributed by atoms with Crippen LogP contribution in [0.3, 0.4) is 0 Å². The summed E-state index contributed by atoms with van der Waals surface area (Å²) in [5.41, 5.74) is 3.52. The van der Waals surface area contributed by atoms with E-state index in [0.29, 0.717) is 11.5 Å². The van der Waals surface area contributed by atoms with Gasteiger partial charge in [-0.15, -0.1) is 0 Å². The van der Waals surface area contributed by atoms with Gasteiger partial charge < -0.3 is 20.4 Å². The van der Waals surface area contributed by atoms with Gasteiger partial charge in [0, 0.05) is 23.4 Å². The van der Waals surface area contributed by atoms with Gasteiger partial charge in [0.05, 0.1) is 26.2 Å². The second kappa shape index (κ2) is 10.2. The number of nitrogens with zero attached hydrogens (tertiary/aromatic N) is 1. The molecule has 3 rings (SSSR count). The number of carbonyl (C=O) groups excluding carboxylic acids is 1. The lowest BCUT2D eigenvalue weighted by molar-refractivity contribution is -0.914. The number of rotatable bonds is 6. The minimum absolute atomic E-state index is 0.0486. The molecule has 1 heterocycles. The Bertz CT molecular complexity index is 771. The fourth-order valence-corrected chi connectivity index (χ4v) is 3.71. The normalized spacial score (nSPS) is 14.5. The van der Waals surface area contributed by atoms with Gasteiger partial charge in [0.2, 0.25) is 5.91 Å². The zero-order valence-electron chi connectivity index (χ0n) is 16.4. The van der Waals surface area contributed by atoms with Crippen molar-refractivity contribution in [1.29, 1.82) is 0 Å². The van der Waals surface area contributed by atoms with Gasteiger partial charge in [-0.3, -0.25) is 4.79 Å². The van der Waals surface area contributed by atoms with E-state index in [1.807, 2.05) is 19.1 Å². The van der Waals surface area contributed by atoms with Crippen molar-refractivity contribution >= 4 is 34.6 Å². The second-order valence-corrected chi connectivity index (χ2v) is 7.61. The van der Waals surface area contributed by atoms with E-state index in [4.69, 9.17) is 12.2 Å². The summed E-state index contributed by atoms with van der Waals surface area (Å²) in [6.45, 7) is 7.46. The zero-order chi connectivity index (χ0) is 19.8. The monoisotopic (exact) mass is 397 g/mol. The van der Waals surface area contributed by atoms with Crippen LogP contribution in [0.1, 0.15) is 25.3 Å². The molecule has 0 atom stereocenters. The molecule has 0 aliphatic carbocycles. The second-order valence-electron chi connectivity index (χ2n) is 7.20. The Balaban J connectivity index is 1.46. The van der Waals surface area contributed by atoms with Gasteiger partial charge in [-0.1, -0.05) is 37.3 Å². The Morgan fingerprint density at radius 1 is 1.07 bits per heavy atom. The number of hydrogen-bond donors (Lipinski definition) is 3. The molecule has 1 amide bonds. The number of anilines is 2. The predicted molar refractivity (Wildman–Crippen MR) is 119 cm³/mol. The molecule has 6 heteroatoms. The molecule has 0 aromatic heterocycles. The van der Waals surface area contributed by atoms with E-state index in [1.165, 1.54) is 11.3 Å². The van der Waals surface area contributed by atoms with Crippen LogP contribution in [-0.2, 0) is 11.3 Å². The third-order valence-electron chi connectivity index (χ3n) is 4.99. The highest BCUT2D eigenvalue weighted by molar-refractivity contribution is 7.80. The van der Waals surface area contributed by atoms with Crippen molar-refractivity contribution in [3.05, 3.63) is 60.2 Å². The molecule has 3 N–H and O–H groups in total. The van der Waals surface area contributed by atoms with Crippen molar-refractivity contribution in [2.45, 2.75) is 26.3 Å². The van der Waals surface area contributed by atoms with Crippen LogP contribution in [0.4, 0.5) is 11.4 Å². The van der Waals surface area contributed by atoms with E-state index < -0.39 is 0 Å². The first-order valence-electron chi connectivity index (χ1n) is 9.97. The van der Waals surface area contributed by atoms with Crippen LogP contribution in [0, 0.1) is 0 Å². The van der Waals surface area contributed by atoms with Gasteiger partial charge in [-0.25, -0.2) is 0 Å². The van der Waals surface area contributed by atoms with Gasteiger partial charge in [0.25, 0.3) is 0 Å². The Morgan fingerprint density at radius 2 is 1.75 bits per heavy atom. The number of nitrogens with one attached hydrogen (secondary N) is 3. The van der Waals surface area contributed by atoms with Crippen molar-refractivity contribution < 1.29 is 9.69 Å². The molecular formula is C22H29N4OS+. The summed E-state index contributed by atoms with van der Waals surface area (Å²) >= 11 is 5.19. The lowest BCUT2D eigenvalue weighted by Gasteiger charge is -2.33. The Labute approximate surface area is 172 Å². The smallest absolute Gasteiger partial charge is 0.226 e. The Kier molecular flexibility index (Phi) is 7.39. The number of quaternary nitrogens is 1. The summed E-state index contributed by atoms with van der Waals surface area (Å²) < 4.78 is 0. The number of amides is 1. The SMILES string of the molecule is CCCC(=O)NC(=S)Nc1ccc(N2CC[NH+](Cc3ccccc3)CC2)cc1. The fourth-order valence-electron chi connectivity index (χ4n) is 3.48. The van der Waals surface area contributed by atoms with Crippen LogP contribution in [0.15, 0.2) is 54.6 Å². The molecule has 28 heavy (non-hydrogen) atoms. The molecule has 0 radical (unpaired) electrons. The van der Waals surface area contributed by atoms with Crippen molar-refractivity contribution in [1.82, 2.24) is 5.32 Å². The largest absolute Gasteiger partial charge is 0.360 e. The van der Waals surface area contributed by atoms with Crippen LogP contribution in [0.2, 0.25) is 0 Å². The van der Waals surface area contributed by atoms with E-state index in [1.54, 1.807) is 4.90 Å². The number of benzene rings is 2. The summed E-state index contributed by atoms with van der Waals surface area (Å²) in [6.07, 6.45) is 1.29. The first kappa shape index (κ1) is 20.3. The molecule has 1 aliphatic rings. The zero-order valence-corrected chi connectivity index (χ0v) is 17.2. The summed E-state index contributed by atoms with van der Waals surface area (Å²) in [5, 5.41) is 6.12. The van der Waals surface area contributed by atoms with E-state index in [0.717, 1.165) is 44.8 Å². The molecule has 0 unspecified atom stereocenters. The Morgan fingerprint density at radius 3 is 2.39 bits per heavy atom. The van der Waals surface area contributed by atoms with Crippen molar-refractivity contribution in [2.24, 2.45) is 0 Å². The highest BCUT2D eigenvalue weighted by Crippen LogP contribution is 2.18. The molecule has 2 aromatic carbocycles. The molecule has 5 nitrogen and oxygen atoms in total. The molecule has 0 saturated carbocycles. The lowest BCUT2D eigenvalue weighted by Crippen LogP contribution is -3.13. The maximum Gasteiger partial charge on any atom is 0.226 e. The third kappa shape index (κ3) is 6.04. The van der Waals surface area contributed by atoms with Crippen LogP contribution in [-0.4, -0.2) is 37.2 Å². The van der Waals surface area contributed by atoms with Gasteiger partial charge in [0.1, 0.15) is 6.54 Å². The minimum Gasteiger partial charge on any atom is -0.360 e. The number of hydrogen-bond acceptors (Lipinski definition) is 3. The number of thiocarbonyl (C=S) groups is 1. The van der Waals surface area contributed by atoms with Gasteiger partial charge in [-0.2, -0.15) is 0 Å². The standard InChI is InChI=1S/C22H28N4OS/c1-2-6-21(27)24-22(28)23-19-9-11-20(12-10-19)26-15-13-25(14-16-26)17-18-7-4-3-5-8-18/h3-5,7-12H,2,6,13-17H2,1H3,(H2,23,24,27,28)/p+1. The van der Waals surface area contributed by atoms with E-state index in [-0.39, 0.29) is 5.91 Å². The van der Waals surface area contributed by atoms with Crippen molar-refractivity contribution in [3.8, 4) is 0 Å². The maximum atomic E-state index is 11.6. The summed E-state index contributed by atoms with van der Waals surface area (Å²) in [4.78, 5) is 15.7. The average molecular weight is 398 g/mol. The van der Waals surface area contributed by atoms with Gasteiger partial charge in [-0.05, 0) is 42.9 Å². The van der Waals surface area contributed by atoms with E-state index in [2.05, 4.69) is 58.0 Å².